The van der Waals surface area contributed by atoms with E-state index in [1.807, 2.05) is 12.1 Å². The lowest BCUT2D eigenvalue weighted by Crippen LogP contribution is -2.38. The molecule has 0 saturated heterocycles. The Morgan fingerprint density at radius 3 is 2.78 bits per heavy atom. The van der Waals surface area contributed by atoms with Crippen LogP contribution >= 0.6 is 0 Å². The SMILES string of the molecule is Oc1ccc2ccc3c(c2c1)=CC12CC=CC=C1C=CC=C2C=3. The summed E-state index contributed by atoms with van der Waals surface area (Å²) in [6.45, 7) is 0. The van der Waals surface area contributed by atoms with Crippen LogP contribution in [0.1, 0.15) is 6.42 Å². The minimum absolute atomic E-state index is 0.0593. The molecule has 23 heavy (non-hydrogen) atoms. The molecular formula is C22H16O. The summed E-state index contributed by atoms with van der Waals surface area (Å²) in [5.41, 5.74) is 2.63. The number of phenolic OH excluding ortho intramolecular Hbond substituents is 1. The normalized spacial score (nSPS) is 23.8. The first kappa shape index (κ1) is 12.7. The molecule has 1 nitrogen and oxygen atoms in total. The summed E-state index contributed by atoms with van der Waals surface area (Å²) in [5, 5.41) is 14.7. The second-order valence-corrected chi connectivity index (χ2v) is 6.47. The van der Waals surface area contributed by atoms with Gasteiger partial charge in [-0.3, -0.25) is 0 Å². The van der Waals surface area contributed by atoms with Crippen molar-refractivity contribution >= 4 is 22.9 Å². The molecule has 0 fully saturated rings. The molecule has 2 aromatic rings. The Morgan fingerprint density at radius 1 is 0.957 bits per heavy atom. The van der Waals surface area contributed by atoms with Gasteiger partial charge in [-0.2, -0.15) is 0 Å². The van der Waals surface area contributed by atoms with E-state index in [-0.39, 0.29) is 5.41 Å². The first-order valence-electron chi connectivity index (χ1n) is 7.99. The Morgan fingerprint density at radius 2 is 1.83 bits per heavy atom. The van der Waals surface area contributed by atoms with Crippen LogP contribution in [0.3, 0.4) is 0 Å². The Labute approximate surface area is 134 Å². The molecule has 1 atom stereocenters. The van der Waals surface area contributed by atoms with E-state index in [0.717, 1.165) is 11.8 Å². The molecule has 1 heteroatoms. The minimum atomic E-state index is -0.0593. The quantitative estimate of drug-likeness (QED) is 0.789. The monoisotopic (exact) mass is 296 g/mol. The lowest BCUT2D eigenvalue weighted by molar-refractivity contribution is 0.476. The molecule has 0 heterocycles. The van der Waals surface area contributed by atoms with Crippen molar-refractivity contribution < 1.29 is 5.11 Å². The molecule has 3 aliphatic rings. The van der Waals surface area contributed by atoms with Gasteiger partial charge in [0.25, 0.3) is 0 Å². The number of rotatable bonds is 0. The van der Waals surface area contributed by atoms with Crippen molar-refractivity contribution in [3.63, 3.8) is 0 Å². The average molecular weight is 296 g/mol. The van der Waals surface area contributed by atoms with Crippen LogP contribution in [0.4, 0.5) is 0 Å². The van der Waals surface area contributed by atoms with Gasteiger partial charge in [-0.1, -0.05) is 60.7 Å². The van der Waals surface area contributed by atoms with Gasteiger partial charge in [-0.25, -0.2) is 0 Å². The molecule has 0 saturated carbocycles. The zero-order chi connectivity index (χ0) is 15.4. The van der Waals surface area contributed by atoms with Gasteiger partial charge in [0.2, 0.25) is 0 Å². The largest absolute Gasteiger partial charge is 0.508 e. The maximum Gasteiger partial charge on any atom is 0.116 e. The molecular weight excluding hydrogens is 280 g/mol. The molecule has 0 radical (unpaired) electrons. The summed E-state index contributed by atoms with van der Waals surface area (Å²) in [5.74, 6) is 0.320. The minimum Gasteiger partial charge on any atom is -0.508 e. The number of phenols is 1. The van der Waals surface area contributed by atoms with E-state index in [9.17, 15) is 5.11 Å². The molecule has 1 N–H and O–H groups in total. The summed E-state index contributed by atoms with van der Waals surface area (Å²) in [6, 6.07) is 9.93. The van der Waals surface area contributed by atoms with E-state index >= 15 is 0 Å². The van der Waals surface area contributed by atoms with Gasteiger partial charge in [0.15, 0.2) is 0 Å². The van der Waals surface area contributed by atoms with Crippen LogP contribution < -0.4 is 10.4 Å². The number of aromatic hydroxyl groups is 1. The first-order valence-corrected chi connectivity index (χ1v) is 7.99. The van der Waals surface area contributed by atoms with Crippen LogP contribution in [-0.2, 0) is 0 Å². The van der Waals surface area contributed by atoms with Crippen molar-refractivity contribution in [1.29, 1.82) is 0 Å². The topological polar surface area (TPSA) is 20.2 Å². The second kappa shape index (κ2) is 4.36. The van der Waals surface area contributed by atoms with Crippen LogP contribution in [0, 0.1) is 5.41 Å². The summed E-state index contributed by atoms with van der Waals surface area (Å²) in [7, 11) is 0. The van der Waals surface area contributed by atoms with Crippen LogP contribution in [0.25, 0.3) is 22.9 Å². The molecule has 0 bridgehead atoms. The number of hydrogen-bond donors (Lipinski definition) is 1. The van der Waals surface area contributed by atoms with Crippen molar-refractivity contribution in [1.82, 2.24) is 0 Å². The van der Waals surface area contributed by atoms with Crippen molar-refractivity contribution in [2.45, 2.75) is 6.42 Å². The highest BCUT2D eigenvalue weighted by Crippen LogP contribution is 2.47. The van der Waals surface area contributed by atoms with Crippen molar-refractivity contribution in [2.75, 3.05) is 0 Å². The van der Waals surface area contributed by atoms with Gasteiger partial charge < -0.3 is 5.11 Å². The Balaban J connectivity index is 1.94. The van der Waals surface area contributed by atoms with E-state index in [2.05, 4.69) is 60.7 Å². The Kier molecular flexibility index (Phi) is 2.41. The predicted octanol–water partition coefficient (Wildman–Crippen LogP) is 3.49. The zero-order valence-corrected chi connectivity index (χ0v) is 12.7. The third-order valence-corrected chi connectivity index (χ3v) is 5.22. The highest BCUT2D eigenvalue weighted by atomic mass is 16.3. The van der Waals surface area contributed by atoms with Gasteiger partial charge in [0.1, 0.15) is 5.75 Å². The lowest BCUT2D eigenvalue weighted by atomic mass is 9.65. The predicted molar refractivity (Wildman–Crippen MR) is 95.3 cm³/mol. The Hall–Kier alpha value is -2.80. The van der Waals surface area contributed by atoms with E-state index in [0.29, 0.717) is 5.75 Å². The third kappa shape index (κ3) is 1.68. The zero-order valence-electron chi connectivity index (χ0n) is 12.7. The maximum absolute atomic E-state index is 9.93. The first-order chi connectivity index (χ1) is 11.3. The Bertz CT molecular complexity index is 1090. The van der Waals surface area contributed by atoms with Crippen molar-refractivity contribution in [3.05, 3.63) is 88.4 Å². The van der Waals surface area contributed by atoms with Crippen molar-refractivity contribution in [3.8, 4) is 5.75 Å². The molecule has 1 unspecified atom stereocenters. The van der Waals surface area contributed by atoms with Crippen molar-refractivity contribution in [2.24, 2.45) is 5.41 Å². The molecule has 0 aliphatic heterocycles. The summed E-state index contributed by atoms with van der Waals surface area (Å²) < 4.78 is 0. The number of fused-ring (bicyclic) bond motifs is 3. The molecule has 1 spiro atoms. The van der Waals surface area contributed by atoms with Crippen LogP contribution in [-0.4, -0.2) is 5.11 Å². The van der Waals surface area contributed by atoms with Gasteiger partial charge in [-0.05, 0) is 57.0 Å². The van der Waals surface area contributed by atoms with Gasteiger partial charge in [-0.15, -0.1) is 0 Å². The van der Waals surface area contributed by atoms with Crippen LogP contribution in [0.5, 0.6) is 5.75 Å². The van der Waals surface area contributed by atoms with E-state index in [1.54, 1.807) is 6.07 Å². The summed E-state index contributed by atoms with van der Waals surface area (Å²) in [6.07, 6.45) is 18.9. The average Bonchev–Trinajstić information content (AvgIpc) is 2.58. The van der Waals surface area contributed by atoms with Crippen LogP contribution in [0.2, 0.25) is 0 Å². The summed E-state index contributed by atoms with van der Waals surface area (Å²) in [4.78, 5) is 0. The smallest absolute Gasteiger partial charge is 0.116 e. The second-order valence-electron chi connectivity index (χ2n) is 6.47. The fourth-order valence-corrected chi connectivity index (χ4v) is 4.04. The van der Waals surface area contributed by atoms with E-state index in [4.69, 9.17) is 0 Å². The molecule has 110 valence electrons. The standard InChI is InChI=1S/C22H16O/c23-19-10-9-15-7-8-16-12-18-6-3-5-17-4-1-2-11-22(17,18)14-21(16)20(15)13-19/h1-10,12-14,23H,11H2. The number of allylic oxidation sites excluding steroid dienone is 8. The lowest BCUT2D eigenvalue weighted by Gasteiger charge is -2.38. The highest BCUT2D eigenvalue weighted by Gasteiger charge is 2.36. The maximum atomic E-state index is 9.93. The van der Waals surface area contributed by atoms with Gasteiger partial charge >= 0.3 is 0 Å². The van der Waals surface area contributed by atoms with E-state index < -0.39 is 0 Å². The molecule has 5 rings (SSSR count). The fraction of sp³-hybridized carbons (Fsp3) is 0.0909. The summed E-state index contributed by atoms with van der Waals surface area (Å²) >= 11 is 0. The molecule has 0 amide bonds. The molecule has 3 aliphatic carbocycles. The van der Waals surface area contributed by atoms with E-state index in [1.165, 1.54) is 27.0 Å². The van der Waals surface area contributed by atoms with Gasteiger partial charge in [0.05, 0.1) is 0 Å². The van der Waals surface area contributed by atoms with Gasteiger partial charge in [0, 0.05) is 5.41 Å². The number of hydrogen-bond acceptors (Lipinski definition) is 1. The third-order valence-electron chi connectivity index (χ3n) is 5.22. The highest BCUT2D eigenvalue weighted by molar-refractivity contribution is 5.88. The molecule has 0 aromatic heterocycles. The fourth-order valence-electron chi connectivity index (χ4n) is 4.04. The van der Waals surface area contributed by atoms with Crippen LogP contribution in [0.15, 0.2) is 77.9 Å². The molecule has 2 aromatic carbocycles. The number of benzene rings is 2.